The number of nitrogens with zero attached hydrogens (tertiary/aromatic N) is 1. The van der Waals surface area contributed by atoms with Crippen LogP contribution >= 0.6 is 0 Å². The van der Waals surface area contributed by atoms with Crippen LogP contribution in [0.5, 0.6) is 0 Å². The highest BCUT2D eigenvalue weighted by Gasteiger charge is 2.12. The molecule has 0 unspecified atom stereocenters. The lowest BCUT2D eigenvalue weighted by molar-refractivity contribution is 0.122. The van der Waals surface area contributed by atoms with Gasteiger partial charge in [-0.3, -0.25) is 14.8 Å². The van der Waals surface area contributed by atoms with Crippen LogP contribution in [0.1, 0.15) is 0 Å². The van der Waals surface area contributed by atoms with Gasteiger partial charge in [0.05, 0.1) is 13.2 Å². The fourth-order valence-electron chi connectivity index (χ4n) is 1.43. The van der Waals surface area contributed by atoms with E-state index in [9.17, 15) is 9.59 Å². The molecule has 6 heteroatoms. The SMILES string of the molecule is O=c1cc(N2CCOCC2)[nH]c(=O)[nH]1. The third-order valence-corrected chi connectivity index (χ3v) is 2.10. The van der Waals surface area contributed by atoms with E-state index in [2.05, 4.69) is 9.97 Å². The van der Waals surface area contributed by atoms with Crippen molar-refractivity contribution < 1.29 is 4.74 Å². The molecule has 6 nitrogen and oxygen atoms in total. The zero-order valence-electron chi connectivity index (χ0n) is 7.58. The lowest BCUT2D eigenvalue weighted by atomic mass is 10.4. The van der Waals surface area contributed by atoms with E-state index in [1.165, 1.54) is 6.07 Å². The number of hydrogen-bond acceptors (Lipinski definition) is 4. The maximum atomic E-state index is 11.0. The van der Waals surface area contributed by atoms with Crippen molar-refractivity contribution in [3.8, 4) is 0 Å². The van der Waals surface area contributed by atoms with E-state index < -0.39 is 5.69 Å². The van der Waals surface area contributed by atoms with E-state index in [4.69, 9.17) is 4.74 Å². The number of anilines is 1. The highest BCUT2D eigenvalue weighted by atomic mass is 16.5. The van der Waals surface area contributed by atoms with Gasteiger partial charge >= 0.3 is 5.69 Å². The van der Waals surface area contributed by atoms with Crippen LogP contribution in [0, 0.1) is 0 Å². The molecule has 0 amide bonds. The maximum Gasteiger partial charge on any atom is 0.327 e. The van der Waals surface area contributed by atoms with E-state index in [1.807, 2.05) is 4.90 Å². The molecule has 14 heavy (non-hydrogen) atoms. The van der Waals surface area contributed by atoms with Gasteiger partial charge in [-0.25, -0.2) is 4.79 Å². The zero-order chi connectivity index (χ0) is 9.97. The van der Waals surface area contributed by atoms with Crippen molar-refractivity contribution in [3.05, 3.63) is 26.9 Å². The first-order chi connectivity index (χ1) is 6.75. The lowest BCUT2D eigenvalue weighted by Gasteiger charge is -2.27. The number of ether oxygens (including phenoxy) is 1. The quantitative estimate of drug-likeness (QED) is 0.599. The summed E-state index contributed by atoms with van der Waals surface area (Å²) in [6.45, 7) is 2.63. The average molecular weight is 197 g/mol. The summed E-state index contributed by atoms with van der Waals surface area (Å²) < 4.78 is 5.16. The molecule has 0 spiro atoms. The summed E-state index contributed by atoms with van der Waals surface area (Å²) in [5, 5.41) is 0. The Bertz CT molecular complexity index is 388. The Labute approximate surface area is 79.5 Å². The van der Waals surface area contributed by atoms with Gasteiger partial charge in [0.2, 0.25) is 0 Å². The average Bonchev–Trinajstić information content (AvgIpc) is 2.18. The van der Waals surface area contributed by atoms with Crippen LogP contribution < -0.4 is 16.1 Å². The normalized spacial score (nSPS) is 17.0. The topological polar surface area (TPSA) is 78.2 Å². The van der Waals surface area contributed by atoms with E-state index in [1.54, 1.807) is 0 Å². The highest BCUT2D eigenvalue weighted by molar-refractivity contribution is 5.36. The van der Waals surface area contributed by atoms with Gasteiger partial charge in [0.25, 0.3) is 5.56 Å². The van der Waals surface area contributed by atoms with Crippen molar-refractivity contribution in [2.45, 2.75) is 0 Å². The van der Waals surface area contributed by atoms with Crippen LogP contribution in [-0.4, -0.2) is 36.3 Å². The molecule has 0 atom stereocenters. The molecule has 2 rings (SSSR count). The van der Waals surface area contributed by atoms with Crippen molar-refractivity contribution in [2.75, 3.05) is 31.2 Å². The summed E-state index contributed by atoms with van der Waals surface area (Å²) in [6, 6.07) is 1.38. The summed E-state index contributed by atoms with van der Waals surface area (Å²) in [4.78, 5) is 28.6. The number of morpholine rings is 1. The molecule has 1 aliphatic heterocycles. The summed E-state index contributed by atoms with van der Waals surface area (Å²) >= 11 is 0. The van der Waals surface area contributed by atoms with Crippen molar-refractivity contribution >= 4 is 5.82 Å². The molecule has 1 aromatic rings. The van der Waals surface area contributed by atoms with Crippen molar-refractivity contribution in [2.24, 2.45) is 0 Å². The monoisotopic (exact) mass is 197 g/mol. The largest absolute Gasteiger partial charge is 0.378 e. The molecule has 0 radical (unpaired) electrons. The van der Waals surface area contributed by atoms with Crippen molar-refractivity contribution in [1.82, 2.24) is 9.97 Å². The molecule has 0 aliphatic carbocycles. The van der Waals surface area contributed by atoms with Crippen LogP contribution in [0.2, 0.25) is 0 Å². The van der Waals surface area contributed by atoms with Crippen molar-refractivity contribution in [3.63, 3.8) is 0 Å². The smallest absolute Gasteiger partial charge is 0.327 e. The summed E-state index contributed by atoms with van der Waals surface area (Å²) in [5.41, 5.74) is -0.853. The van der Waals surface area contributed by atoms with E-state index in [0.717, 1.165) is 0 Å². The number of hydrogen-bond donors (Lipinski definition) is 2. The molecule has 2 heterocycles. The minimum atomic E-state index is -0.473. The van der Waals surface area contributed by atoms with E-state index in [0.29, 0.717) is 32.1 Å². The second-order valence-electron chi connectivity index (χ2n) is 3.07. The molecule has 1 saturated heterocycles. The highest BCUT2D eigenvalue weighted by Crippen LogP contribution is 2.07. The van der Waals surface area contributed by atoms with Gasteiger partial charge < -0.3 is 9.64 Å². The van der Waals surface area contributed by atoms with Crippen LogP contribution in [0.4, 0.5) is 5.82 Å². The Morgan fingerprint density at radius 3 is 2.57 bits per heavy atom. The molecular weight excluding hydrogens is 186 g/mol. The lowest BCUT2D eigenvalue weighted by Crippen LogP contribution is -2.38. The molecule has 1 aromatic heterocycles. The number of aromatic amines is 2. The second-order valence-corrected chi connectivity index (χ2v) is 3.07. The first-order valence-corrected chi connectivity index (χ1v) is 4.42. The molecule has 0 saturated carbocycles. The standard InChI is InChI=1S/C8H11N3O3/c12-7-5-6(9-8(13)10-7)11-1-3-14-4-2-11/h5H,1-4H2,(H2,9,10,12,13). The van der Waals surface area contributed by atoms with Crippen LogP contribution in [0.3, 0.4) is 0 Å². The third-order valence-electron chi connectivity index (χ3n) is 2.10. The molecule has 0 bridgehead atoms. The van der Waals surface area contributed by atoms with Crippen LogP contribution in [0.25, 0.3) is 0 Å². The Hall–Kier alpha value is -1.56. The second kappa shape index (κ2) is 3.67. The Morgan fingerprint density at radius 1 is 1.21 bits per heavy atom. The number of aromatic nitrogens is 2. The molecular formula is C8H11N3O3. The predicted molar refractivity (Wildman–Crippen MR) is 50.7 cm³/mol. The molecule has 76 valence electrons. The predicted octanol–water partition coefficient (Wildman–Crippen LogP) is -1.10. The first kappa shape index (κ1) is 9.01. The van der Waals surface area contributed by atoms with Gasteiger partial charge in [-0.1, -0.05) is 0 Å². The van der Waals surface area contributed by atoms with Gasteiger partial charge in [0.15, 0.2) is 0 Å². The minimum absolute atomic E-state index is 0.379. The summed E-state index contributed by atoms with van der Waals surface area (Å²) in [7, 11) is 0. The van der Waals surface area contributed by atoms with Gasteiger partial charge in [-0.2, -0.15) is 0 Å². The minimum Gasteiger partial charge on any atom is -0.378 e. The number of H-pyrrole nitrogens is 2. The van der Waals surface area contributed by atoms with Crippen molar-refractivity contribution in [1.29, 1.82) is 0 Å². The van der Waals surface area contributed by atoms with Gasteiger partial charge in [0.1, 0.15) is 5.82 Å². The Balaban J connectivity index is 2.30. The fourth-order valence-corrected chi connectivity index (χ4v) is 1.43. The third kappa shape index (κ3) is 1.85. The number of nitrogens with one attached hydrogen (secondary N) is 2. The fraction of sp³-hybridized carbons (Fsp3) is 0.500. The summed E-state index contributed by atoms with van der Waals surface area (Å²) in [6.07, 6.45) is 0. The molecule has 0 aromatic carbocycles. The Kier molecular flexibility index (Phi) is 2.36. The zero-order valence-corrected chi connectivity index (χ0v) is 7.58. The maximum absolute atomic E-state index is 11.0. The molecule has 2 N–H and O–H groups in total. The molecule has 1 aliphatic rings. The van der Waals surface area contributed by atoms with Crippen LogP contribution in [-0.2, 0) is 4.74 Å². The first-order valence-electron chi connectivity index (χ1n) is 4.42. The number of rotatable bonds is 1. The van der Waals surface area contributed by atoms with Gasteiger partial charge in [0, 0.05) is 19.2 Å². The van der Waals surface area contributed by atoms with Gasteiger partial charge in [-0.15, -0.1) is 0 Å². The summed E-state index contributed by atoms with van der Waals surface area (Å²) in [5.74, 6) is 0.557. The molecule has 1 fully saturated rings. The van der Waals surface area contributed by atoms with Crippen LogP contribution in [0.15, 0.2) is 15.7 Å². The van der Waals surface area contributed by atoms with E-state index >= 15 is 0 Å². The van der Waals surface area contributed by atoms with E-state index in [-0.39, 0.29) is 5.56 Å². The van der Waals surface area contributed by atoms with Gasteiger partial charge in [-0.05, 0) is 0 Å². The Morgan fingerprint density at radius 2 is 1.93 bits per heavy atom.